The van der Waals surface area contributed by atoms with Crippen LogP contribution in [0.3, 0.4) is 0 Å². The summed E-state index contributed by atoms with van der Waals surface area (Å²) >= 11 is 0. The van der Waals surface area contributed by atoms with Gasteiger partial charge in [-0.25, -0.2) is 12.8 Å². The van der Waals surface area contributed by atoms with Crippen LogP contribution in [0.4, 0.5) is 10.1 Å². The molecule has 0 radical (unpaired) electrons. The van der Waals surface area contributed by atoms with Crippen LogP contribution in [-0.2, 0) is 26.2 Å². The summed E-state index contributed by atoms with van der Waals surface area (Å²) in [6.07, 6.45) is 1.04. The van der Waals surface area contributed by atoms with Gasteiger partial charge in [-0.3, -0.25) is 13.9 Å². The van der Waals surface area contributed by atoms with Gasteiger partial charge in [0, 0.05) is 13.1 Å². The third kappa shape index (κ3) is 7.66. The predicted octanol–water partition coefficient (Wildman–Crippen LogP) is 4.97. The maximum Gasteiger partial charge on any atom is 0.264 e. The number of nitrogens with one attached hydrogen (secondary N) is 1. The number of benzene rings is 3. The summed E-state index contributed by atoms with van der Waals surface area (Å²) in [6.45, 7) is 7.42. The largest absolute Gasteiger partial charge is 0.354 e. The van der Waals surface area contributed by atoms with E-state index < -0.39 is 34.3 Å². The Morgan fingerprint density at radius 1 is 0.872 bits per heavy atom. The zero-order chi connectivity index (χ0) is 28.6. The van der Waals surface area contributed by atoms with Gasteiger partial charge in [-0.2, -0.15) is 0 Å². The molecular weight excluding hydrogens is 517 g/mol. The van der Waals surface area contributed by atoms with Crippen LogP contribution in [0, 0.1) is 19.7 Å². The van der Waals surface area contributed by atoms with Crippen molar-refractivity contribution in [2.24, 2.45) is 0 Å². The van der Waals surface area contributed by atoms with Crippen molar-refractivity contribution in [3.05, 3.63) is 95.3 Å². The number of hydrogen-bond donors (Lipinski definition) is 1. The Kier molecular flexibility index (Phi) is 10.2. The van der Waals surface area contributed by atoms with Gasteiger partial charge in [0.25, 0.3) is 10.0 Å². The van der Waals surface area contributed by atoms with E-state index in [9.17, 15) is 22.4 Å². The van der Waals surface area contributed by atoms with E-state index in [-0.39, 0.29) is 17.3 Å². The zero-order valence-electron chi connectivity index (χ0n) is 22.9. The first kappa shape index (κ1) is 29.8. The summed E-state index contributed by atoms with van der Waals surface area (Å²) in [5, 5.41) is 2.84. The van der Waals surface area contributed by atoms with Gasteiger partial charge < -0.3 is 10.2 Å². The predicted molar refractivity (Wildman–Crippen MR) is 151 cm³/mol. The summed E-state index contributed by atoms with van der Waals surface area (Å²) in [7, 11) is -4.12. The van der Waals surface area contributed by atoms with E-state index in [0.717, 1.165) is 21.9 Å². The lowest BCUT2D eigenvalue weighted by Crippen LogP contribution is -2.52. The van der Waals surface area contributed by atoms with Gasteiger partial charge in [-0.15, -0.1) is 0 Å². The molecule has 3 aromatic carbocycles. The molecule has 7 nitrogen and oxygen atoms in total. The van der Waals surface area contributed by atoms with E-state index in [1.807, 2.05) is 20.8 Å². The highest BCUT2D eigenvalue weighted by atomic mass is 32.2. The Morgan fingerprint density at radius 2 is 1.44 bits per heavy atom. The monoisotopic (exact) mass is 553 g/mol. The second-order valence-electron chi connectivity index (χ2n) is 9.52. The van der Waals surface area contributed by atoms with Crippen molar-refractivity contribution in [1.82, 2.24) is 10.2 Å². The van der Waals surface area contributed by atoms with Crippen LogP contribution in [0.25, 0.3) is 0 Å². The number of hydrogen-bond acceptors (Lipinski definition) is 4. The van der Waals surface area contributed by atoms with Crippen molar-refractivity contribution in [3.8, 4) is 0 Å². The Morgan fingerprint density at radius 3 is 1.97 bits per heavy atom. The average molecular weight is 554 g/mol. The first-order chi connectivity index (χ1) is 18.6. The quantitative estimate of drug-likeness (QED) is 0.343. The van der Waals surface area contributed by atoms with Crippen LogP contribution < -0.4 is 9.62 Å². The smallest absolute Gasteiger partial charge is 0.264 e. The summed E-state index contributed by atoms with van der Waals surface area (Å²) in [6, 6.07) is 18.1. The molecule has 0 aliphatic carbocycles. The zero-order valence-corrected chi connectivity index (χ0v) is 23.7. The van der Waals surface area contributed by atoms with Crippen LogP contribution in [0.5, 0.6) is 0 Å². The lowest BCUT2D eigenvalue weighted by atomic mass is 10.1. The molecule has 0 spiro atoms. The van der Waals surface area contributed by atoms with Crippen molar-refractivity contribution in [2.45, 2.75) is 58.0 Å². The molecule has 0 bridgehead atoms. The molecule has 0 fully saturated rings. The summed E-state index contributed by atoms with van der Waals surface area (Å²) in [5.74, 6) is -1.29. The second-order valence-corrected chi connectivity index (χ2v) is 11.4. The Balaban J connectivity index is 2.03. The first-order valence-electron chi connectivity index (χ1n) is 13.0. The van der Waals surface area contributed by atoms with Gasteiger partial charge in [0.05, 0.1) is 10.6 Å². The van der Waals surface area contributed by atoms with E-state index in [1.165, 1.54) is 29.2 Å². The lowest BCUT2D eigenvalue weighted by Gasteiger charge is -2.33. The SMILES string of the molecule is CCCNC(=O)[C@@H](CC)N(Cc1ccc(F)cc1)C(=O)CN(c1ccc(C)cc1)S(=O)(=O)c1ccc(C)cc1. The van der Waals surface area contributed by atoms with Gasteiger partial charge >= 0.3 is 0 Å². The average Bonchev–Trinajstić information content (AvgIpc) is 2.92. The van der Waals surface area contributed by atoms with Crippen LogP contribution in [0.2, 0.25) is 0 Å². The van der Waals surface area contributed by atoms with Crippen molar-refractivity contribution in [2.75, 3.05) is 17.4 Å². The highest BCUT2D eigenvalue weighted by Crippen LogP contribution is 2.25. The van der Waals surface area contributed by atoms with E-state index in [0.29, 0.717) is 24.2 Å². The molecule has 39 heavy (non-hydrogen) atoms. The molecule has 0 saturated heterocycles. The van der Waals surface area contributed by atoms with Crippen molar-refractivity contribution < 1.29 is 22.4 Å². The van der Waals surface area contributed by atoms with Crippen molar-refractivity contribution in [1.29, 1.82) is 0 Å². The molecule has 0 aromatic heterocycles. The molecule has 1 N–H and O–H groups in total. The maximum absolute atomic E-state index is 13.9. The highest BCUT2D eigenvalue weighted by Gasteiger charge is 2.33. The molecule has 0 aliphatic heterocycles. The fourth-order valence-corrected chi connectivity index (χ4v) is 5.56. The van der Waals surface area contributed by atoms with Gasteiger partial charge in [0.1, 0.15) is 18.4 Å². The van der Waals surface area contributed by atoms with Crippen molar-refractivity contribution in [3.63, 3.8) is 0 Å². The number of nitrogens with zero attached hydrogens (tertiary/aromatic N) is 2. The number of sulfonamides is 1. The highest BCUT2D eigenvalue weighted by molar-refractivity contribution is 7.92. The molecule has 3 aromatic rings. The molecule has 208 valence electrons. The van der Waals surface area contributed by atoms with E-state index >= 15 is 0 Å². The fourth-order valence-electron chi connectivity index (χ4n) is 4.15. The molecule has 2 amide bonds. The van der Waals surface area contributed by atoms with Crippen LogP contribution in [0.15, 0.2) is 77.7 Å². The van der Waals surface area contributed by atoms with Gasteiger partial charge in [0.15, 0.2) is 0 Å². The third-order valence-electron chi connectivity index (χ3n) is 6.41. The normalized spacial score (nSPS) is 12.0. The van der Waals surface area contributed by atoms with E-state index in [4.69, 9.17) is 0 Å². The van der Waals surface area contributed by atoms with Crippen LogP contribution in [0.1, 0.15) is 43.4 Å². The number of aryl methyl sites for hydroxylation is 2. The Bertz CT molecular complexity index is 1360. The maximum atomic E-state index is 13.9. The molecule has 0 unspecified atom stereocenters. The van der Waals surface area contributed by atoms with E-state index in [2.05, 4.69) is 5.32 Å². The summed E-state index contributed by atoms with van der Waals surface area (Å²) in [5.41, 5.74) is 2.80. The minimum absolute atomic E-state index is 0.0173. The van der Waals surface area contributed by atoms with Gasteiger partial charge in [-0.1, -0.05) is 61.4 Å². The van der Waals surface area contributed by atoms with Crippen LogP contribution in [-0.4, -0.2) is 44.3 Å². The number of halogens is 1. The number of anilines is 1. The number of rotatable bonds is 12. The molecular formula is C30H36FN3O4S. The first-order valence-corrected chi connectivity index (χ1v) is 14.5. The molecule has 0 heterocycles. The van der Waals surface area contributed by atoms with E-state index in [1.54, 1.807) is 55.5 Å². The number of amides is 2. The van der Waals surface area contributed by atoms with Gasteiger partial charge in [0.2, 0.25) is 11.8 Å². The standard InChI is InChI=1S/C30H36FN3O4S/c1-5-19-32-30(36)28(6-2)33(20-24-11-13-25(31)14-12-24)29(35)21-34(26-15-7-22(3)8-16-26)39(37,38)27-17-9-23(4)10-18-27/h7-18,28H,5-6,19-21H2,1-4H3,(H,32,36)/t28-/m1/s1. The third-order valence-corrected chi connectivity index (χ3v) is 8.20. The molecule has 3 rings (SSSR count). The Hall–Kier alpha value is -3.72. The van der Waals surface area contributed by atoms with Crippen LogP contribution >= 0.6 is 0 Å². The summed E-state index contributed by atoms with van der Waals surface area (Å²) < 4.78 is 42.3. The fraction of sp³-hybridized carbons (Fsp3) is 0.333. The van der Waals surface area contributed by atoms with Gasteiger partial charge in [-0.05, 0) is 68.7 Å². The minimum Gasteiger partial charge on any atom is -0.354 e. The molecule has 9 heteroatoms. The Labute approximate surface area is 230 Å². The minimum atomic E-state index is -4.12. The molecule has 0 aliphatic rings. The molecule has 1 atom stereocenters. The number of carbonyl (C=O) groups excluding carboxylic acids is 2. The number of carbonyl (C=O) groups is 2. The van der Waals surface area contributed by atoms with Crippen molar-refractivity contribution >= 4 is 27.5 Å². The summed E-state index contributed by atoms with van der Waals surface area (Å²) in [4.78, 5) is 28.4. The topological polar surface area (TPSA) is 86.8 Å². The molecule has 0 saturated carbocycles. The second kappa shape index (κ2) is 13.4. The lowest BCUT2D eigenvalue weighted by molar-refractivity contribution is -0.140.